The van der Waals surface area contributed by atoms with Gasteiger partial charge < -0.3 is 10.5 Å². The van der Waals surface area contributed by atoms with Gasteiger partial charge >= 0.3 is 5.97 Å². The maximum Gasteiger partial charge on any atom is 0.357 e. The number of halogens is 3. The molecule has 0 saturated carbocycles. The number of carbonyl (C=O) groups excluding carboxylic acids is 1. The molecular weight excluding hydrogens is 254 g/mol. The number of pyridine rings is 1. The van der Waals surface area contributed by atoms with Gasteiger partial charge in [-0.15, -0.1) is 11.6 Å². The zero-order chi connectivity index (χ0) is 13.0. The summed E-state index contributed by atoms with van der Waals surface area (Å²) in [6, 6.07) is 1.00. The van der Waals surface area contributed by atoms with E-state index in [1.165, 1.54) is 0 Å². The fourth-order valence-electron chi connectivity index (χ4n) is 1.22. The quantitative estimate of drug-likeness (QED) is 0.670. The second-order valence-corrected chi connectivity index (χ2v) is 3.38. The third-order valence-electron chi connectivity index (χ3n) is 1.99. The average molecular weight is 265 g/mol. The lowest BCUT2D eigenvalue weighted by molar-refractivity contribution is 0.0507. The second kappa shape index (κ2) is 5.77. The molecule has 0 atom stereocenters. The van der Waals surface area contributed by atoms with Crippen molar-refractivity contribution in [3.8, 4) is 0 Å². The minimum atomic E-state index is -2.85. The fraction of sp³-hybridized carbons (Fsp3) is 0.400. The van der Waals surface area contributed by atoms with Crippen molar-refractivity contribution < 1.29 is 18.3 Å². The molecule has 4 nitrogen and oxygen atoms in total. The maximum absolute atomic E-state index is 12.7. The number of alkyl halides is 3. The van der Waals surface area contributed by atoms with Gasteiger partial charge in [-0.3, -0.25) is 0 Å². The van der Waals surface area contributed by atoms with Crippen molar-refractivity contribution in [2.45, 2.75) is 19.2 Å². The van der Waals surface area contributed by atoms with Crippen LogP contribution in [0.3, 0.4) is 0 Å². The first-order chi connectivity index (χ1) is 8.01. The fourth-order valence-corrected chi connectivity index (χ4v) is 1.43. The summed E-state index contributed by atoms with van der Waals surface area (Å²) in [4.78, 5) is 15.2. The summed E-state index contributed by atoms with van der Waals surface area (Å²) in [5.41, 5.74) is 4.71. The topological polar surface area (TPSA) is 65.2 Å². The highest BCUT2D eigenvalue weighted by molar-refractivity contribution is 6.17. The molecule has 94 valence electrons. The summed E-state index contributed by atoms with van der Waals surface area (Å²) in [6.07, 6.45) is -2.85. The van der Waals surface area contributed by atoms with Crippen LogP contribution in [0.1, 0.15) is 35.1 Å². The lowest BCUT2D eigenvalue weighted by atomic mass is 10.1. The minimum Gasteiger partial charge on any atom is -0.461 e. The van der Waals surface area contributed by atoms with Gasteiger partial charge in [-0.05, 0) is 13.0 Å². The van der Waals surface area contributed by atoms with Crippen LogP contribution in [0.15, 0.2) is 6.07 Å². The number of nitrogens with zero attached hydrogens (tertiary/aromatic N) is 1. The average Bonchev–Trinajstić information content (AvgIpc) is 2.28. The summed E-state index contributed by atoms with van der Waals surface area (Å²) in [7, 11) is 0. The zero-order valence-electron chi connectivity index (χ0n) is 9.04. The lowest BCUT2D eigenvalue weighted by Gasteiger charge is -2.10. The van der Waals surface area contributed by atoms with Gasteiger partial charge in [0.2, 0.25) is 0 Å². The van der Waals surface area contributed by atoms with E-state index in [0.29, 0.717) is 0 Å². The van der Waals surface area contributed by atoms with Gasteiger partial charge in [-0.2, -0.15) is 0 Å². The number of hydrogen-bond acceptors (Lipinski definition) is 4. The van der Waals surface area contributed by atoms with Crippen LogP contribution in [-0.2, 0) is 10.6 Å². The van der Waals surface area contributed by atoms with Gasteiger partial charge in [-0.1, -0.05) is 0 Å². The van der Waals surface area contributed by atoms with Crippen molar-refractivity contribution in [2.24, 2.45) is 0 Å². The van der Waals surface area contributed by atoms with E-state index in [2.05, 4.69) is 9.72 Å². The van der Waals surface area contributed by atoms with Crippen LogP contribution >= 0.6 is 11.6 Å². The molecule has 0 saturated heterocycles. The van der Waals surface area contributed by atoms with Gasteiger partial charge in [0.15, 0.2) is 5.69 Å². The number of aromatic nitrogens is 1. The molecule has 7 heteroatoms. The number of carbonyl (C=O) groups is 1. The molecule has 0 radical (unpaired) electrons. The Morgan fingerprint density at radius 2 is 2.29 bits per heavy atom. The monoisotopic (exact) mass is 264 g/mol. The van der Waals surface area contributed by atoms with Gasteiger partial charge in [-0.25, -0.2) is 18.6 Å². The molecule has 0 aliphatic rings. The first-order valence-corrected chi connectivity index (χ1v) is 5.35. The van der Waals surface area contributed by atoms with Crippen LogP contribution in [0.2, 0.25) is 0 Å². The summed E-state index contributed by atoms with van der Waals surface area (Å²) in [5.74, 6) is -0.976. The highest BCUT2D eigenvalue weighted by Crippen LogP contribution is 2.26. The number of ether oxygens (including phenoxy) is 1. The van der Waals surface area contributed by atoms with E-state index in [9.17, 15) is 13.6 Å². The molecule has 0 aromatic carbocycles. The number of esters is 1. The van der Waals surface area contributed by atoms with Gasteiger partial charge in [0.05, 0.1) is 29.4 Å². The largest absolute Gasteiger partial charge is 0.461 e. The minimum absolute atomic E-state index is 0.0309. The molecule has 17 heavy (non-hydrogen) atoms. The van der Waals surface area contributed by atoms with Crippen LogP contribution in [-0.4, -0.2) is 17.6 Å². The normalized spacial score (nSPS) is 10.6. The molecule has 0 aliphatic carbocycles. The molecule has 1 aromatic rings. The van der Waals surface area contributed by atoms with Crippen molar-refractivity contribution >= 4 is 23.3 Å². The number of nitrogen functional groups attached to an aromatic ring is 1. The highest BCUT2D eigenvalue weighted by atomic mass is 35.5. The first kappa shape index (κ1) is 13.6. The molecule has 2 N–H and O–H groups in total. The zero-order valence-corrected chi connectivity index (χ0v) is 9.80. The summed E-state index contributed by atoms with van der Waals surface area (Å²) < 4.78 is 30.1. The molecule has 0 unspecified atom stereocenters. The van der Waals surface area contributed by atoms with Crippen molar-refractivity contribution in [3.63, 3.8) is 0 Å². The predicted molar refractivity (Wildman–Crippen MR) is 59.1 cm³/mol. The molecular formula is C10H11ClF2N2O2. The highest BCUT2D eigenvalue weighted by Gasteiger charge is 2.23. The molecule has 1 aromatic heterocycles. The molecule has 0 bridgehead atoms. The summed E-state index contributed by atoms with van der Waals surface area (Å²) >= 11 is 5.54. The van der Waals surface area contributed by atoms with Gasteiger partial charge in [0.1, 0.15) is 0 Å². The second-order valence-electron chi connectivity index (χ2n) is 3.12. The molecule has 0 amide bonds. The van der Waals surface area contributed by atoms with Crippen molar-refractivity contribution in [2.75, 3.05) is 12.3 Å². The third-order valence-corrected chi connectivity index (χ3v) is 2.25. The Kier molecular flexibility index (Phi) is 4.62. The molecule has 1 heterocycles. The standard InChI is InChI=1S/C10H11ClF2N2O2/c1-2-17-10(16)8-5(9(12)13)3-6(14)7(4-11)15-8/h3,9H,2,4,14H2,1H3. The number of rotatable bonds is 4. The van der Waals surface area contributed by atoms with Crippen LogP contribution in [0.25, 0.3) is 0 Å². The Hall–Kier alpha value is -1.43. The predicted octanol–water partition coefficient (Wildman–Crippen LogP) is 2.52. The van der Waals surface area contributed by atoms with E-state index < -0.39 is 23.7 Å². The third kappa shape index (κ3) is 3.03. The van der Waals surface area contributed by atoms with E-state index >= 15 is 0 Å². The van der Waals surface area contributed by atoms with Crippen molar-refractivity contribution in [3.05, 3.63) is 23.0 Å². The van der Waals surface area contributed by atoms with Gasteiger partial charge in [0.25, 0.3) is 6.43 Å². The van der Waals surface area contributed by atoms with E-state index in [4.69, 9.17) is 17.3 Å². The Morgan fingerprint density at radius 3 is 2.76 bits per heavy atom. The van der Waals surface area contributed by atoms with E-state index in [1.807, 2.05) is 0 Å². The van der Waals surface area contributed by atoms with Gasteiger partial charge in [0, 0.05) is 0 Å². The van der Waals surface area contributed by atoms with Crippen LogP contribution in [0, 0.1) is 0 Å². The molecule has 1 rings (SSSR count). The smallest absolute Gasteiger partial charge is 0.357 e. The van der Waals surface area contributed by atoms with Crippen LogP contribution in [0.5, 0.6) is 0 Å². The number of nitrogens with two attached hydrogens (primary N) is 1. The van der Waals surface area contributed by atoms with E-state index in [1.54, 1.807) is 6.92 Å². The van der Waals surface area contributed by atoms with E-state index in [0.717, 1.165) is 6.07 Å². The van der Waals surface area contributed by atoms with Crippen LogP contribution in [0.4, 0.5) is 14.5 Å². The summed E-state index contributed by atoms with van der Waals surface area (Å²) in [5, 5.41) is 0. The Balaban J connectivity index is 3.28. The summed E-state index contributed by atoms with van der Waals surface area (Å²) in [6.45, 7) is 1.64. The Bertz CT molecular complexity index is 427. The SMILES string of the molecule is CCOC(=O)c1nc(CCl)c(N)cc1C(F)F. The number of hydrogen-bond donors (Lipinski definition) is 1. The molecule has 0 aliphatic heterocycles. The Labute approximate surface area is 102 Å². The molecule has 0 spiro atoms. The van der Waals surface area contributed by atoms with Crippen molar-refractivity contribution in [1.82, 2.24) is 4.98 Å². The molecule has 0 fully saturated rings. The van der Waals surface area contributed by atoms with E-state index in [-0.39, 0.29) is 23.9 Å². The maximum atomic E-state index is 12.7. The van der Waals surface area contributed by atoms with Crippen LogP contribution < -0.4 is 5.73 Å². The van der Waals surface area contributed by atoms with Crippen molar-refractivity contribution in [1.29, 1.82) is 0 Å². The number of anilines is 1. The lowest BCUT2D eigenvalue weighted by Crippen LogP contribution is -2.13. The first-order valence-electron chi connectivity index (χ1n) is 4.81. The Morgan fingerprint density at radius 1 is 1.65 bits per heavy atom.